The van der Waals surface area contributed by atoms with Gasteiger partial charge in [0.1, 0.15) is 5.82 Å². The number of hydrogen-bond donors (Lipinski definition) is 1. The summed E-state index contributed by atoms with van der Waals surface area (Å²) in [5, 5.41) is 2.09. The zero-order valence-corrected chi connectivity index (χ0v) is 19.1. The molecule has 0 spiro atoms. The summed E-state index contributed by atoms with van der Waals surface area (Å²) in [6.45, 7) is 2.76. The average molecular weight is 448 g/mol. The van der Waals surface area contributed by atoms with Gasteiger partial charge in [-0.2, -0.15) is 0 Å². The third-order valence-corrected chi connectivity index (χ3v) is 6.83. The van der Waals surface area contributed by atoms with Crippen LogP contribution < -0.4 is 4.90 Å². The van der Waals surface area contributed by atoms with E-state index in [1.54, 1.807) is 12.1 Å². The number of aromatic nitrogens is 2. The van der Waals surface area contributed by atoms with Gasteiger partial charge in [-0.15, -0.1) is 0 Å². The SMILES string of the molecule is COC(=O)c1ccc2[nH]cc(CCCCn3ccc4c(N5CCCCC5)c(F)ccc43)c2c1. The molecule has 0 saturated carbocycles. The van der Waals surface area contributed by atoms with Crippen LogP contribution in [0.2, 0.25) is 0 Å². The number of nitrogens with one attached hydrogen (secondary N) is 1. The molecule has 2 aromatic heterocycles. The van der Waals surface area contributed by atoms with Crippen molar-refractivity contribution >= 4 is 33.5 Å². The summed E-state index contributed by atoms with van der Waals surface area (Å²) in [7, 11) is 1.40. The van der Waals surface area contributed by atoms with E-state index in [1.807, 2.05) is 24.4 Å². The number of anilines is 1. The van der Waals surface area contributed by atoms with Crippen molar-refractivity contribution in [2.45, 2.75) is 45.1 Å². The maximum absolute atomic E-state index is 14.7. The third kappa shape index (κ3) is 4.22. The van der Waals surface area contributed by atoms with Crippen LogP contribution in [-0.4, -0.2) is 35.7 Å². The van der Waals surface area contributed by atoms with Crippen LogP contribution in [0.1, 0.15) is 48.0 Å². The summed E-state index contributed by atoms with van der Waals surface area (Å²) in [5.41, 5.74) is 4.68. The molecule has 0 amide bonds. The molecule has 1 N–H and O–H groups in total. The van der Waals surface area contributed by atoms with Gasteiger partial charge in [-0.3, -0.25) is 0 Å². The Bertz CT molecular complexity index is 1280. The first kappa shape index (κ1) is 21.6. The molecule has 0 atom stereocenters. The number of hydrogen-bond acceptors (Lipinski definition) is 3. The molecule has 2 aromatic carbocycles. The fraction of sp³-hybridized carbons (Fsp3) is 0.370. The van der Waals surface area contributed by atoms with Crippen molar-refractivity contribution in [2.75, 3.05) is 25.1 Å². The quantitative estimate of drug-likeness (QED) is 0.277. The summed E-state index contributed by atoms with van der Waals surface area (Å²) in [5.74, 6) is -0.434. The molecule has 0 radical (unpaired) electrons. The minimum Gasteiger partial charge on any atom is -0.465 e. The van der Waals surface area contributed by atoms with Gasteiger partial charge in [-0.25, -0.2) is 9.18 Å². The van der Waals surface area contributed by atoms with Gasteiger partial charge < -0.3 is 19.2 Å². The lowest BCUT2D eigenvalue weighted by atomic mass is 10.0. The van der Waals surface area contributed by atoms with Crippen LogP contribution in [0.3, 0.4) is 0 Å². The van der Waals surface area contributed by atoms with Crippen molar-refractivity contribution in [3.63, 3.8) is 0 Å². The maximum atomic E-state index is 14.7. The normalized spacial score (nSPS) is 14.3. The van der Waals surface area contributed by atoms with Gasteiger partial charge in [0, 0.05) is 48.3 Å². The smallest absolute Gasteiger partial charge is 0.337 e. The van der Waals surface area contributed by atoms with Crippen LogP contribution in [0, 0.1) is 5.82 Å². The van der Waals surface area contributed by atoms with Crippen LogP contribution in [0.25, 0.3) is 21.8 Å². The predicted octanol–water partition coefficient (Wildman–Crippen LogP) is 6.06. The van der Waals surface area contributed by atoms with Gasteiger partial charge >= 0.3 is 5.97 Å². The molecule has 0 aliphatic carbocycles. The molecule has 6 heteroatoms. The van der Waals surface area contributed by atoms with Gasteiger partial charge in [0.2, 0.25) is 0 Å². The molecule has 33 heavy (non-hydrogen) atoms. The van der Waals surface area contributed by atoms with Gasteiger partial charge in [0.25, 0.3) is 0 Å². The highest BCUT2D eigenvalue weighted by molar-refractivity contribution is 5.96. The van der Waals surface area contributed by atoms with E-state index >= 15 is 0 Å². The number of aryl methyl sites for hydroxylation is 2. The standard InChI is InChI=1S/C27H30FN3O2/c1-33-27(32)19-8-10-24-22(17-19)20(18-29-24)7-3-6-13-30-16-12-21-25(30)11-9-23(28)26(21)31-14-4-2-5-15-31/h8-12,16-18,29H,2-7,13-15H2,1H3. The zero-order valence-electron chi connectivity index (χ0n) is 19.1. The monoisotopic (exact) mass is 447 g/mol. The second kappa shape index (κ2) is 9.30. The summed E-state index contributed by atoms with van der Waals surface area (Å²) >= 11 is 0. The molecule has 0 unspecified atom stereocenters. The molecular weight excluding hydrogens is 417 g/mol. The molecule has 5 rings (SSSR count). The fourth-order valence-electron chi connectivity index (χ4n) is 5.09. The molecule has 0 bridgehead atoms. The Balaban J connectivity index is 1.27. The number of ether oxygens (including phenoxy) is 1. The van der Waals surface area contributed by atoms with Crippen LogP contribution >= 0.6 is 0 Å². The van der Waals surface area contributed by atoms with E-state index in [9.17, 15) is 9.18 Å². The third-order valence-electron chi connectivity index (χ3n) is 6.83. The van der Waals surface area contributed by atoms with Gasteiger partial charge in [0.05, 0.1) is 23.9 Å². The van der Waals surface area contributed by atoms with Crippen LogP contribution in [-0.2, 0) is 17.7 Å². The summed E-state index contributed by atoms with van der Waals surface area (Å²) < 4.78 is 21.8. The van der Waals surface area contributed by atoms with E-state index in [-0.39, 0.29) is 11.8 Å². The van der Waals surface area contributed by atoms with Crippen molar-refractivity contribution in [3.05, 3.63) is 65.7 Å². The fourth-order valence-corrected chi connectivity index (χ4v) is 5.09. The topological polar surface area (TPSA) is 50.3 Å². The number of nitrogens with zero attached hydrogens (tertiary/aromatic N) is 2. The Morgan fingerprint density at radius 1 is 1.06 bits per heavy atom. The van der Waals surface area contributed by atoms with E-state index < -0.39 is 0 Å². The number of carbonyl (C=O) groups is 1. The Kier molecular flexibility index (Phi) is 6.07. The van der Waals surface area contributed by atoms with Crippen molar-refractivity contribution in [1.29, 1.82) is 0 Å². The summed E-state index contributed by atoms with van der Waals surface area (Å²) in [6.07, 6.45) is 10.6. The van der Waals surface area contributed by atoms with Crippen molar-refractivity contribution in [2.24, 2.45) is 0 Å². The molecule has 1 aliphatic rings. The number of benzene rings is 2. The van der Waals surface area contributed by atoms with Crippen LogP contribution in [0.15, 0.2) is 48.8 Å². The lowest BCUT2D eigenvalue weighted by Gasteiger charge is -2.29. The number of fused-ring (bicyclic) bond motifs is 2. The van der Waals surface area contributed by atoms with Crippen LogP contribution in [0.4, 0.5) is 10.1 Å². The largest absolute Gasteiger partial charge is 0.465 e. The predicted molar refractivity (Wildman–Crippen MR) is 131 cm³/mol. The Hall–Kier alpha value is -3.28. The second-order valence-corrected chi connectivity index (χ2v) is 8.91. The van der Waals surface area contributed by atoms with E-state index in [4.69, 9.17) is 4.74 Å². The number of unbranched alkanes of at least 4 members (excludes halogenated alkanes) is 1. The molecule has 1 saturated heterocycles. The summed E-state index contributed by atoms with van der Waals surface area (Å²) in [6, 6.07) is 11.2. The lowest BCUT2D eigenvalue weighted by Crippen LogP contribution is -2.30. The Labute approximate surface area is 193 Å². The summed E-state index contributed by atoms with van der Waals surface area (Å²) in [4.78, 5) is 17.4. The zero-order chi connectivity index (χ0) is 22.8. The Morgan fingerprint density at radius 3 is 2.73 bits per heavy atom. The molecule has 172 valence electrons. The van der Waals surface area contributed by atoms with Gasteiger partial charge in [-0.05, 0) is 80.5 Å². The van der Waals surface area contributed by atoms with Crippen molar-refractivity contribution in [1.82, 2.24) is 9.55 Å². The number of piperidine rings is 1. The van der Waals surface area contributed by atoms with Crippen molar-refractivity contribution < 1.29 is 13.9 Å². The molecule has 1 fully saturated rings. The van der Waals surface area contributed by atoms with E-state index in [1.165, 1.54) is 19.1 Å². The number of carbonyl (C=O) groups excluding carboxylic acids is 1. The first-order chi connectivity index (χ1) is 16.2. The number of rotatable bonds is 7. The van der Waals surface area contributed by atoms with Crippen LogP contribution in [0.5, 0.6) is 0 Å². The minimum absolute atomic E-state index is 0.118. The number of methoxy groups -OCH3 is 1. The number of halogens is 1. The van der Waals surface area contributed by atoms with E-state index in [0.717, 1.165) is 79.2 Å². The van der Waals surface area contributed by atoms with Crippen molar-refractivity contribution in [3.8, 4) is 0 Å². The molecule has 5 nitrogen and oxygen atoms in total. The highest BCUT2D eigenvalue weighted by Gasteiger charge is 2.19. The Morgan fingerprint density at radius 2 is 1.91 bits per heavy atom. The second-order valence-electron chi connectivity index (χ2n) is 8.91. The first-order valence-corrected chi connectivity index (χ1v) is 11.9. The number of aromatic amines is 1. The highest BCUT2D eigenvalue weighted by Crippen LogP contribution is 2.33. The molecule has 1 aliphatic heterocycles. The van der Waals surface area contributed by atoms with E-state index in [0.29, 0.717) is 5.56 Å². The maximum Gasteiger partial charge on any atom is 0.337 e. The lowest BCUT2D eigenvalue weighted by molar-refractivity contribution is 0.0601. The van der Waals surface area contributed by atoms with Gasteiger partial charge in [0.15, 0.2) is 0 Å². The molecular formula is C27H30FN3O2. The minimum atomic E-state index is -0.316. The molecule has 4 aromatic rings. The van der Waals surface area contributed by atoms with E-state index in [2.05, 4.69) is 26.7 Å². The number of esters is 1. The average Bonchev–Trinajstić information content (AvgIpc) is 3.45. The molecule has 3 heterocycles. The van der Waals surface area contributed by atoms with Gasteiger partial charge in [-0.1, -0.05) is 0 Å². The number of H-pyrrole nitrogens is 1. The first-order valence-electron chi connectivity index (χ1n) is 11.9. The highest BCUT2D eigenvalue weighted by atomic mass is 19.1.